The van der Waals surface area contributed by atoms with Crippen LogP contribution in [0.4, 0.5) is 5.95 Å². The van der Waals surface area contributed by atoms with Crippen molar-refractivity contribution in [1.82, 2.24) is 24.6 Å². The first kappa shape index (κ1) is 13.4. The van der Waals surface area contributed by atoms with Crippen molar-refractivity contribution in [2.45, 2.75) is 11.9 Å². The predicted octanol–water partition coefficient (Wildman–Crippen LogP) is 0.480. The lowest BCUT2D eigenvalue weighted by Crippen LogP contribution is -2.04. The van der Waals surface area contributed by atoms with Crippen molar-refractivity contribution in [2.75, 3.05) is 12.0 Å². The van der Waals surface area contributed by atoms with E-state index in [-0.39, 0.29) is 11.0 Å². The van der Waals surface area contributed by atoms with Gasteiger partial charge in [-0.05, 0) is 19.1 Å². The van der Waals surface area contributed by atoms with Crippen LogP contribution in [0.25, 0.3) is 16.8 Å². The Hall–Kier alpha value is -2.55. The Morgan fingerprint density at radius 2 is 2.00 bits per heavy atom. The summed E-state index contributed by atoms with van der Waals surface area (Å²) in [7, 11) is -3.34. The van der Waals surface area contributed by atoms with Crippen LogP contribution in [0.15, 0.2) is 29.7 Å². The van der Waals surface area contributed by atoms with Gasteiger partial charge in [0.15, 0.2) is 20.5 Å². The number of aryl methyl sites for hydroxylation is 1. The zero-order valence-electron chi connectivity index (χ0n) is 11.3. The van der Waals surface area contributed by atoms with E-state index in [1.165, 1.54) is 12.4 Å². The molecule has 3 heterocycles. The minimum absolute atomic E-state index is 0.0321. The topological polar surface area (TPSA) is 116 Å². The third kappa shape index (κ3) is 2.21. The number of nitrogens with zero attached hydrogens (tertiary/aromatic N) is 5. The number of sulfone groups is 1. The number of fused-ring (bicyclic) bond motifs is 1. The number of nitrogen functional groups attached to an aromatic ring is 1. The molecular weight excluding hydrogens is 292 g/mol. The number of aromatic nitrogens is 5. The van der Waals surface area contributed by atoms with E-state index in [2.05, 4.69) is 20.2 Å². The first-order chi connectivity index (χ1) is 9.88. The molecule has 0 aliphatic carbocycles. The van der Waals surface area contributed by atoms with Crippen LogP contribution >= 0.6 is 0 Å². The maximum atomic E-state index is 11.5. The highest BCUT2D eigenvalue weighted by molar-refractivity contribution is 7.90. The summed E-state index contributed by atoms with van der Waals surface area (Å²) in [6.45, 7) is 1.73. The quantitative estimate of drug-likeness (QED) is 0.731. The first-order valence-corrected chi connectivity index (χ1v) is 7.89. The summed E-state index contributed by atoms with van der Waals surface area (Å²) in [6, 6.07) is 3.14. The summed E-state index contributed by atoms with van der Waals surface area (Å²) < 4.78 is 24.6. The smallest absolute Gasteiger partial charge is 0.207 e. The van der Waals surface area contributed by atoms with Gasteiger partial charge in [0, 0.05) is 29.3 Å². The van der Waals surface area contributed by atoms with Crippen LogP contribution in [0.3, 0.4) is 0 Å². The summed E-state index contributed by atoms with van der Waals surface area (Å²) in [5.74, 6) is 0.275. The van der Waals surface area contributed by atoms with Crippen molar-refractivity contribution in [3.05, 3.63) is 30.4 Å². The zero-order valence-corrected chi connectivity index (χ0v) is 12.2. The second kappa shape index (κ2) is 4.48. The normalized spacial score (nSPS) is 11.9. The summed E-state index contributed by atoms with van der Waals surface area (Å²) >= 11 is 0. The Labute approximate surface area is 120 Å². The van der Waals surface area contributed by atoms with Crippen molar-refractivity contribution < 1.29 is 8.42 Å². The second-order valence-electron chi connectivity index (χ2n) is 4.61. The van der Waals surface area contributed by atoms with Crippen LogP contribution in [-0.4, -0.2) is 39.2 Å². The summed E-state index contributed by atoms with van der Waals surface area (Å²) in [6.07, 6.45) is 4.16. The van der Waals surface area contributed by atoms with Crippen LogP contribution in [-0.2, 0) is 9.84 Å². The van der Waals surface area contributed by atoms with Crippen molar-refractivity contribution in [1.29, 1.82) is 0 Å². The molecule has 108 valence electrons. The largest absolute Gasteiger partial charge is 0.369 e. The number of hydrogen-bond donors (Lipinski definition) is 1. The van der Waals surface area contributed by atoms with Gasteiger partial charge in [0.2, 0.25) is 5.95 Å². The van der Waals surface area contributed by atoms with Crippen molar-refractivity contribution in [2.24, 2.45) is 0 Å². The van der Waals surface area contributed by atoms with Gasteiger partial charge in [-0.1, -0.05) is 0 Å². The fourth-order valence-electron chi connectivity index (χ4n) is 2.06. The fraction of sp³-hybridized carbons (Fsp3) is 0.167. The molecule has 3 aromatic heterocycles. The molecule has 0 atom stereocenters. The van der Waals surface area contributed by atoms with Gasteiger partial charge >= 0.3 is 0 Å². The molecule has 9 heteroatoms. The van der Waals surface area contributed by atoms with Gasteiger partial charge in [-0.2, -0.15) is 0 Å². The highest BCUT2D eigenvalue weighted by Gasteiger charge is 2.15. The van der Waals surface area contributed by atoms with Gasteiger partial charge in [-0.25, -0.2) is 18.4 Å². The zero-order chi connectivity index (χ0) is 15.2. The minimum atomic E-state index is -3.34. The number of hydrogen-bond acceptors (Lipinski definition) is 7. The lowest BCUT2D eigenvalue weighted by Gasteiger charge is -2.08. The van der Waals surface area contributed by atoms with Crippen LogP contribution in [0, 0.1) is 6.92 Å². The Morgan fingerprint density at radius 3 is 2.67 bits per heavy atom. The molecule has 3 rings (SSSR count). The maximum absolute atomic E-state index is 11.5. The molecular formula is C12H12N6O2S. The molecule has 0 bridgehead atoms. The minimum Gasteiger partial charge on any atom is -0.369 e. The Morgan fingerprint density at radius 1 is 1.24 bits per heavy atom. The van der Waals surface area contributed by atoms with E-state index in [1.54, 1.807) is 23.6 Å². The monoisotopic (exact) mass is 304 g/mol. The third-order valence-electron chi connectivity index (χ3n) is 3.09. The number of rotatable bonds is 2. The highest BCUT2D eigenvalue weighted by Crippen LogP contribution is 2.26. The van der Waals surface area contributed by atoms with Crippen LogP contribution in [0.2, 0.25) is 0 Å². The molecule has 0 amide bonds. The van der Waals surface area contributed by atoms with Crippen molar-refractivity contribution in [3.63, 3.8) is 0 Å². The number of nitrogens with two attached hydrogens (primary N) is 1. The first-order valence-electron chi connectivity index (χ1n) is 6.00. The average molecular weight is 304 g/mol. The van der Waals surface area contributed by atoms with Crippen LogP contribution in [0.5, 0.6) is 0 Å². The molecule has 0 fully saturated rings. The van der Waals surface area contributed by atoms with Gasteiger partial charge in [0.1, 0.15) is 6.33 Å². The van der Waals surface area contributed by atoms with Crippen LogP contribution in [0.1, 0.15) is 5.69 Å². The molecule has 0 aliphatic heterocycles. The predicted molar refractivity (Wildman–Crippen MR) is 76.3 cm³/mol. The standard InChI is InChI=1S/C12H12N6O2S/c1-7-8(3-4-10(16-7)21(2,19)20)9-5-14-12(13)18-6-15-17-11(9)18/h3-6H,1-2H3,(H2,13,14). The number of pyridine rings is 1. The van der Waals surface area contributed by atoms with E-state index >= 15 is 0 Å². The summed E-state index contributed by atoms with van der Waals surface area (Å²) in [5.41, 5.74) is 8.27. The molecule has 0 saturated heterocycles. The van der Waals surface area contributed by atoms with E-state index in [0.29, 0.717) is 16.9 Å². The van der Waals surface area contributed by atoms with Gasteiger partial charge < -0.3 is 5.73 Å². The number of anilines is 1. The lowest BCUT2D eigenvalue weighted by molar-refractivity contribution is 0.598. The molecule has 0 radical (unpaired) electrons. The lowest BCUT2D eigenvalue weighted by atomic mass is 10.1. The van der Waals surface area contributed by atoms with E-state index in [0.717, 1.165) is 11.8 Å². The molecule has 0 aromatic carbocycles. The molecule has 21 heavy (non-hydrogen) atoms. The average Bonchev–Trinajstić information content (AvgIpc) is 2.89. The maximum Gasteiger partial charge on any atom is 0.207 e. The Balaban J connectivity index is 2.25. The van der Waals surface area contributed by atoms with Crippen LogP contribution < -0.4 is 5.73 Å². The summed E-state index contributed by atoms with van der Waals surface area (Å²) in [5, 5.41) is 7.86. The van der Waals surface area contributed by atoms with E-state index < -0.39 is 9.84 Å². The Bertz CT molecular complexity index is 948. The molecule has 8 nitrogen and oxygen atoms in total. The Kier molecular flexibility index (Phi) is 2.87. The molecule has 0 aliphatic rings. The molecule has 0 unspecified atom stereocenters. The molecule has 3 aromatic rings. The molecule has 0 spiro atoms. The SMILES string of the molecule is Cc1nc(S(C)(=O)=O)ccc1-c1cnc(N)n2cnnc12. The van der Waals surface area contributed by atoms with E-state index in [4.69, 9.17) is 5.73 Å². The van der Waals surface area contributed by atoms with E-state index in [1.807, 2.05) is 0 Å². The van der Waals surface area contributed by atoms with E-state index in [9.17, 15) is 8.42 Å². The molecule has 2 N–H and O–H groups in total. The highest BCUT2D eigenvalue weighted by atomic mass is 32.2. The van der Waals surface area contributed by atoms with Gasteiger partial charge in [0.05, 0.1) is 0 Å². The summed E-state index contributed by atoms with van der Waals surface area (Å²) in [4.78, 5) is 8.21. The van der Waals surface area contributed by atoms with Gasteiger partial charge in [0.25, 0.3) is 0 Å². The fourth-order valence-corrected chi connectivity index (χ4v) is 2.67. The van der Waals surface area contributed by atoms with Crippen molar-refractivity contribution in [3.8, 4) is 11.1 Å². The van der Waals surface area contributed by atoms with Gasteiger partial charge in [-0.15, -0.1) is 10.2 Å². The second-order valence-corrected chi connectivity index (χ2v) is 6.57. The van der Waals surface area contributed by atoms with Crippen molar-refractivity contribution >= 4 is 21.4 Å². The molecule has 0 saturated carbocycles. The third-order valence-corrected chi connectivity index (χ3v) is 4.08. The van der Waals surface area contributed by atoms with Gasteiger partial charge in [-0.3, -0.25) is 4.40 Å².